The summed E-state index contributed by atoms with van der Waals surface area (Å²) in [5.74, 6) is 0. The fraction of sp³-hybridized carbons (Fsp3) is 0.778. The predicted octanol–water partition coefficient (Wildman–Crippen LogP) is 2.33. The van der Waals surface area contributed by atoms with Gasteiger partial charge in [-0.25, -0.2) is 0 Å². The summed E-state index contributed by atoms with van der Waals surface area (Å²) < 4.78 is 0. The van der Waals surface area contributed by atoms with Gasteiger partial charge in [0.05, 0.1) is 7.11 Å². The lowest BCUT2D eigenvalue weighted by Gasteiger charge is -2.19. The maximum atomic E-state index is 5.14. The SMILES string of the molecule is CCCC(=C1CC1)N(C)OC. The zero-order valence-corrected chi connectivity index (χ0v) is 7.68. The van der Waals surface area contributed by atoms with Crippen molar-refractivity contribution in [2.45, 2.75) is 32.6 Å². The second-order valence-corrected chi connectivity index (χ2v) is 2.98. The van der Waals surface area contributed by atoms with Crippen LogP contribution in [0.4, 0.5) is 0 Å². The fourth-order valence-corrected chi connectivity index (χ4v) is 1.25. The molecule has 0 unspecified atom stereocenters. The fourth-order valence-electron chi connectivity index (χ4n) is 1.25. The van der Waals surface area contributed by atoms with Crippen LogP contribution in [0.5, 0.6) is 0 Å². The van der Waals surface area contributed by atoms with E-state index in [-0.39, 0.29) is 0 Å². The molecule has 0 aromatic carbocycles. The maximum absolute atomic E-state index is 5.14. The van der Waals surface area contributed by atoms with E-state index < -0.39 is 0 Å². The van der Waals surface area contributed by atoms with Crippen LogP contribution in [0.3, 0.4) is 0 Å². The zero-order chi connectivity index (χ0) is 8.27. The van der Waals surface area contributed by atoms with E-state index in [4.69, 9.17) is 4.84 Å². The van der Waals surface area contributed by atoms with Crippen molar-refractivity contribution >= 4 is 0 Å². The van der Waals surface area contributed by atoms with Crippen LogP contribution in [0, 0.1) is 0 Å². The molecule has 0 spiro atoms. The van der Waals surface area contributed by atoms with Crippen molar-refractivity contribution in [2.75, 3.05) is 14.2 Å². The molecule has 0 aliphatic heterocycles. The Bertz CT molecular complexity index is 157. The lowest BCUT2D eigenvalue weighted by molar-refractivity contribution is -0.0804. The molecule has 1 aliphatic carbocycles. The molecular weight excluding hydrogens is 138 g/mol. The Morgan fingerprint density at radius 2 is 2.18 bits per heavy atom. The van der Waals surface area contributed by atoms with Crippen LogP contribution in [-0.2, 0) is 4.84 Å². The van der Waals surface area contributed by atoms with Crippen molar-refractivity contribution in [3.05, 3.63) is 11.3 Å². The van der Waals surface area contributed by atoms with Crippen LogP contribution in [0.15, 0.2) is 11.3 Å². The van der Waals surface area contributed by atoms with E-state index in [0.717, 1.165) is 6.42 Å². The van der Waals surface area contributed by atoms with Gasteiger partial charge in [0.1, 0.15) is 0 Å². The van der Waals surface area contributed by atoms with E-state index >= 15 is 0 Å². The minimum atomic E-state index is 1.15. The molecule has 0 saturated heterocycles. The van der Waals surface area contributed by atoms with Crippen LogP contribution in [0.2, 0.25) is 0 Å². The Labute approximate surface area is 68.8 Å². The first-order valence-electron chi connectivity index (χ1n) is 4.28. The molecule has 1 saturated carbocycles. The molecule has 1 aliphatic rings. The van der Waals surface area contributed by atoms with Gasteiger partial charge in [0.2, 0.25) is 0 Å². The number of hydroxylamine groups is 2. The van der Waals surface area contributed by atoms with Gasteiger partial charge in [-0.05, 0) is 24.8 Å². The topological polar surface area (TPSA) is 12.5 Å². The van der Waals surface area contributed by atoms with Gasteiger partial charge in [0.25, 0.3) is 0 Å². The van der Waals surface area contributed by atoms with E-state index in [2.05, 4.69) is 6.92 Å². The number of hydrogen-bond acceptors (Lipinski definition) is 2. The van der Waals surface area contributed by atoms with Crippen molar-refractivity contribution in [1.82, 2.24) is 5.06 Å². The Hall–Kier alpha value is -0.500. The molecule has 0 heterocycles. The van der Waals surface area contributed by atoms with Crippen molar-refractivity contribution in [2.24, 2.45) is 0 Å². The molecule has 0 radical (unpaired) electrons. The van der Waals surface area contributed by atoms with E-state index in [0.29, 0.717) is 0 Å². The largest absolute Gasteiger partial charge is 0.277 e. The quantitative estimate of drug-likeness (QED) is 0.578. The summed E-state index contributed by atoms with van der Waals surface area (Å²) in [5, 5.41) is 1.89. The Morgan fingerprint density at radius 3 is 2.55 bits per heavy atom. The van der Waals surface area contributed by atoms with Gasteiger partial charge in [-0.2, -0.15) is 0 Å². The van der Waals surface area contributed by atoms with Crippen LogP contribution in [0.25, 0.3) is 0 Å². The molecule has 0 aromatic rings. The molecular formula is C9H17NO. The van der Waals surface area contributed by atoms with Crippen LogP contribution < -0.4 is 0 Å². The highest BCUT2D eigenvalue weighted by Crippen LogP contribution is 2.34. The van der Waals surface area contributed by atoms with Crippen molar-refractivity contribution in [3.8, 4) is 0 Å². The highest BCUT2D eigenvalue weighted by Gasteiger charge is 2.19. The van der Waals surface area contributed by atoms with Gasteiger partial charge < -0.3 is 0 Å². The third-order valence-corrected chi connectivity index (χ3v) is 2.05. The Kier molecular flexibility index (Phi) is 2.94. The zero-order valence-electron chi connectivity index (χ0n) is 7.68. The van der Waals surface area contributed by atoms with E-state index in [9.17, 15) is 0 Å². The summed E-state index contributed by atoms with van der Waals surface area (Å²) in [5.41, 5.74) is 2.98. The lowest BCUT2D eigenvalue weighted by atomic mass is 10.2. The standard InChI is InChI=1S/C9H17NO/c1-4-5-9(8-6-7-8)10(2)11-3/h4-7H2,1-3H3. The normalized spacial score (nSPS) is 15.0. The van der Waals surface area contributed by atoms with Crippen LogP contribution in [0.1, 0.15) is 32.6 Å². The average molecular weight is 155 g/mol. The minimum absolute atomic E-state index is 1.15. The number of nitrogens with zero attached hydrogens (tertiary/aromatic N) is 1. The number of rotatable bonds is 4. The maximum Gasteiger partial charge on any atom is 0.0638 e. The Balaban J connectivity index is 2.53. The predicted molar refractivity (Wildman–Crippen MR) is 45.9 cm³/mol. The minimum Gasteiger partial charge on any atom is -0.277 e. The van der Waals surface area contributed by atoms with Crippen LogP contribution >= 0.6 is 0 Å². The molecule has 0 amide bonds. The van der Waals surface area contributed by atoms with Gasteiger partial charge in [0.15, 0.2) is 0 Å². The number of hydrogen-bond donors (Lipinski definition) is 0. The summed E-state index contributed by atoms with van der Waals surface area (Å²) in [7, 11) is 3.70. The highest BCUT2D eigenvalue weighted by molar-refractivity contribution is 5.23. The second-order valence-electron chi connectivity index (χ2n) is 2.98. The van der Waals surface area contributed by atoms with Gasteiger partial charge in [0, 0.05) is 12.7 Å². The summed E-state index contributed by atoms with van der Waals surface area (Å²) in [6.07, 6.45) is 4.91. The molecule has 0 atom stereocenters. The summed E-state index contributed by atoms with van der Waals surface area (Å²) >= 11 is 0. The number of allylic oxidation sites excluding steroid dienone is 2. The highest BCUT2D eigenvalue weighted by atomic mass is 16.7. The third-order valence-electron chi connectivity index (χ3n) is 2.05. The van der Waals surface area contributed by atoms with Gasteiger partial charge in [-0.1, -0.05) is 13.3 Å². The smallest absolute Gasteiger partial charge is 0.0638 e. The molecule has 1 rings (SSSR count). The summed E-state index contributed by atoms with van der Waals surface area (Å²) in [4.78, 5) is 5.14. The molecule has 2 nitrogen and oxygen atoms in total. The average Bonchev–Trinajstić information content (AvgIpc) is 2.81. The van der Waals surface area contributed by atoms with E-state index in [1.807, 2.05) is 12.1 Å². The monoisotopic (exact) mass is 155 g/mol. The first-order valence-corrected chi connectivity index (χ1v) is 4.28. The summed E-state index contributed by atoms with van der Waals surface area (Å²) in [6.45, 7) is 2.20. The third kappa shape index (κ3) is 2.22. The van der Waals surface area contributed by atoms with Gasteiger partial charge in [-0.3, -0.25) is 9.90 Å². The lowest BCUT2D eigenvalue weighted by Crippen LogP contribution is -2.15. The molecule has 0 N–H and O–H groups in total. The summed E-state index contributed by atoms with van der Waals surface area (Å²) in [6, 6.07) is 0. The van der Waals surface area contributed by atoms with E-state index in [1.165, 1.54) is 25.0 Å². The molecule has 11 heavy (non-hydrogen) atoms. The molecule has 64 valence electrons. The Morgan fingerprint density at radius 1 is 1.55 bits per heavy atom. The molecule has 0 bridgehead atoms. The first kappa shape index (κ1) is 8.60. The van der Waals surface area contributed by atoms with Crippen molar-refractivity contribution < 1.29 is 4.84 Å². The van der Waals surface area contributed by atoms with E-state index in [1.54, 1.807) is 12.7 Å². The molecule has 0 aromatic heterocycles. The second kappa shape index (κ2) is 3.77. The van der Waals surface area contributed by atoms with Gasteiger partial charge in [-0.15, -0.1) is 0 Å². The first-order chi connectivity index (χ1) is 5.29. The van der Waals surface area contributed by atoms with Crippen molar-refractivity contribution in [1.29, 1.82) is 0 Å². The van der Waals surface area contributed by atoms with Crippen LogP contribution in [-0.4, -0.2) is 19.2 Å². The molecule has 2 heteroatoms. The molecule has 1 fully saturated rings. The van der Waals surface area contributed by atoms with Gasteiger partial charge >= 0.3 is 0 Å². The van der Waals surface area contributed by atoms with Crippen molar-refractivity contribution in [3.63, 3.8) is 0 Å².